The molecule has 0 radical (unpaired) electrons. The van der Waals surface area contributed by atoms with Crippen molar-refractivity contribution in [2.45, 2.75) is 32.5 Å². The molecule has 0 spiro atoms. The molecule has 6 heteroatoms. The van der Waals surface area contributed by atoms with E-state index in [4.69, 9.17) is 9.47 Å². The van der Waals surface area contributed by atoms with E-state index in [9.17, 15) is 9.59 Å². The summed E-state index contributed by atoms with van der Waals surface area (Å²) in [6.45, 7) is 7.24. The summed E-state index contributed by atoms with van der Waals surface area (Å²) in [7, 11) is 3.53. The predicted molar refractivity (Wildman–Crippen MR) is 70.7 cm³/mol. The monoisotopic (exact) mass is 272 g/mol. The Kier molecular flexibility index (Phi) is 5.31. The van der Waals surface area contributed by atoms with Gasteiger partial charge >= 0.3 is 5.97 Å². The first-order valence-electron chi connectivity index (χ1n) is 6.46. The third-order valence-electron chi connectivity index (χ3n) is 2.71. The van der Waals surface area contributed by atoms with Crippen molar-refractivity contribution in [1.82, 2.24) is 9.80 Å². The van der Waals surface area contributed by atoms with Crippen LogP contribution in [0.2, 0.25) is 0 Å². The highest BCUT2D eigenvalue weighted by Crippen LogP contribution is 2.09. The lowest BCUT2D eigenvalue weighted by Gasteiger charge is -2.31. The Bertz CT molecular complexity index is 338. The van der Waals surface area contributed by atoms with Crippen LogP contribution in [-0.4, -0.2) is 73.7 Å². The van der Waals surface area contributed by atoms with Gasteiger partial charge in [-0.1, -0.05) is 0 Å². The van der Waals surface area contributed by atoms with E-state index in [0.717, 1.165) is 6.54 Å². The Balaban J connectivity index is 2.46. The number of hydrogen-bond acceptors (Lipinski definition) is 5. The molecule has 0 unspecified atom stereocenters. The molecule has 0 saturated carbocycles. The van der Waals surface area contributed by atoms with E-state index in [2.05, 4.69) is 0 Å². The lowest BCUT2D eigenvalue weighted by molar-refractivity contribution is -0.161. The highest BCUT2D eigenvalue weighted by atomic mass is 16.6. The van der Waals surface area contributed by atoms with Gasteiger partial charge in [0, 0.05) is 20.1 Å². The number of hydrogen-bond donors (Lipinski definition) is 0. The predicted octanol–water partition coefficient (Wildman–Crippen LogP) is 0.117. The van der Waals surface area contributed by atoms with Crippen LogP contribution in [0.5, 0.6) is 0 Å². The molecule has 1 rings (SSSR count). The van der Waals surface area contributed by atoms with Crippen LogP contribution in [0.1, 0.15) is 20.8 Å². The molecule has 1 fully saturated rings. The molecule has 0 N–H and O–H groups in total. The van der Waals surface area contributed by atoms with Gasteiger partial charge in [0.2, 0.25) is 0 Å². The fraction of sp³-hybridized carbons (Fsp3) is 0.846. The maximum Gasteiger partial charge on any atom is 0.326 e. The van der Waals surface area contributed by atoms with Crippen molar-refractivity contribution < 1.29 is 19.1 Å². The molecule has 1 heterocycles. The Morgan fingerprint density at radius 1 is 1.42 bits per heavy atom. The van der Waals surface area contributed by atoms with E-state index in [1.807, 2.05) is 11.9 Å². The molecule has 0 aromatic carbocycles. The molecule has 1 amide bonds. The highest BCUT2D eigenvalue weighted by Gasteiger charge is 2.29. The summed E-state index contributed by atoms with van der Waals surface area (Å²) in [5.41, 5.74) is -0.539. The van der Waals surface area contributed by atoms with E-state index < -0.39 is 17.7 Å². The first-order chi connectivity index (χ1) is 8.69. The average molecular weight is 272 g/mol. The van der Waals surface area contributed by atoms with Crippen molar-refractivity contribution in [3.8, 4) is 0 Å². The molecule has 1 aliphatic heterocycles. The van der Waals surface area contributed by atoms with E-state index in [1.165, 1.54) is 4.90 Å². The zero-order valence-electron chi connectivity index (χ0n) is 12.4. The second-order valence-electron chi connectivity index (χ2n) is 5.90. The minimum Gasteiger partial charge on any atom is -0.459 e. The van der Waals surface area contributed by atoms with Crippen LogP contribution in [0.3, 0.4) is 0 Å². The maximum atomic E-state index is 12.1. The van der Waals surface area contributed by atoms with Crippen LogP contribution >= 0.6 is 0 Å². The molecular weight excluding hydrogens is 248 g/mol. The number of likely N-dealkylation sites (N-methyl/N-ethyl adjacent to an activating group) is 2. The lowest BCUT2D eigenvalue weighted by atomic mass is 10.2. The van der Waals surface area contributed by atoms with E-state index in [-0.39, 0.29) is 12.5 Å². The molecule has 1 atom stereocenters. The smallest absolute Gasteiger partial charge is 0.326 e. The van der Waals surface area contributed by atoms with Crippen molar-refractivity contribution >= 4 is 11.9 Å². The van der Waals surface area contributed by atoms with Crippen LogP contribution in [0.15, 0.2) is 0 Å². The van der Waals surface area contributed by atoms with Gasteiger partial charge < -0.3 is 19.3 Å². The average Bonchev–Trinajstić information content (AvgIpc) is 2.25. The second-order valence-corrected chi connectivity index (χ2v) is 5.90. The number of carbonyl (C=O) groups excluding carboxylic acids is 2. The van der Waals surface area contributed by atoms with Gasteiger partial charge in [-0.25, -0.2) is 0 Å². The maximum absolute atomic E-state index is 12.1. The van der Waals surface area contributed by atoms with Gasteiger partial charge in [0.05, 0.1) is 6.61 Å². The van der Waals surface area contributed by atoms with Gasteiger partial charge in [-0.2, -0.15) is 0 Å². The van der Waals surface area contributed by atoms with Gasteiger partial charge in [-0.15, -0.1) is 0 Å². The number of esters is 1. The molecule has 1 saturated heterocycles. The Labute approximate surface area is 114 Å². The number of amides is 1. The fourth-order valence-electron chi connectivity index (χ4n) is 1.82. The number of ether oxygens (including phenoxy) is 2. The van der Waals surface area contributed by atoms with Crippen LogP contribution in [0, 0.1) is 0 Å². The van der Waals surface area contributed by atoms with Crippen LogP contribution < -0.4 is 0 Å². The fourth-order valence-corrected chi connectivity index (χ4v) is 1.82. The van der Waals surface area contributed by atoms with Crippen LogP contribution in [-0.2, 0) is 19.1 Å². The molecule has 6 nitrogen and oxygen atoms in total. The SMILES string of the molecule is CN1CCO[C@@H](C(=O)N(C)CC(=O)OC(C)(C)C)C1. The van der Waals surface area contributed by atoms with Crippen molar-refractivity contribution in [2.24, 2.45) is 0 Å². The summed E-state index contributed by atoms with van der Waals surface area (Å²) in [5, 5.41) is 0. The molecule has 0 aromatic heterocycles. The number of nitrogens with zero attached hydrogens (tertiary/aromatic N) is 2. The molecule has 0 aliphatic carbocycles. The van der Waals surface area contributed by atoms with Crippen molar-refractivity contribution in [2.75, 3.05) is 40.3 Å². The quantitative estimate of drug-likeness (QED) is 0.683. The van der Waals surface area contributed by atoms with E-state index in [0.29, 0.717) is 13.2 Å². The van der Waals surface area contributed by atoms with Gasteiger partial charge in [0.15, 0.2) is 0 Å². The largest absolute Gasteiger partial charge is 0.459 e. The zero-order valence-corrected chi connectivity index (χ0v) is 12.4. The Morgan fingerprint density at radius 2 is 2.05 bits per heavy atom. The molecular formula is C13H24N2O4. The first kappa shape index (κ1) is 15.9. The normalized spacial score (nSPS) is 21.0. The molecule has 19 heavy (non-hydrogen) atoms. The summed E-state index contributed by atoms with van der Waals surface area (Å²) in [6, 6.07) is 0. The minimum atomic E-state index is -0.539. The molecule has 110 valence electrons. The molecule has 1 aliphatic rings. The van der Waals surface area contributed by atoms with Crippen LogP contribution in [0.25, 0.3) is 0 Å². The number of carbonyl (C=O) groups is 2. The standard InChI is InChI=1S/C13H24N2O4/c1-13(2,3)19-11(16)9-15(5)12(17)10-8-14(4)6-7-18-10/h10H,6-9H2,1-5H3/t10-/m1/s1. The summed E-state index contributed by atoms with van der Waals surface area (Å²) < 4.78 is 10.6. The van der Waals surface area contributed by atoms with Gasteiger partial charge in [-0.05, 0) is 27.8 Å². The van der Waals surface area contributed by atoms with Crippen molar-refractivity contribution in [3.63, 3.8) is 0 Å². The highest BCUT2D eigenvalue weighted by molar-refractivity contribution is 5.85. The lowest BCUT2D eigenvalue weighted by Crippen LogP contribution is -2.50. The summed E-state index contributed by atoms with van der Waals surface area (Å²) >= 11 is 0. The number of morpholine rings is 1. The zero-order chi connectivity index (χ0) is 14.6. The third kappa shape index (κ3) is 5.57. The summed E-state index contributed by atoms with van der Waals surface area (Å²) in [4.78, 5) is 27.2. The number of rotatable bonds is 3. The summed E-state index contributed by atoms with van der Waals surface area (Å²) in [6.07, 6.45) is -0.494. The van der Waals surface area contributed by atoms with Gasteiger partial charge in [0.25, 0.3) is 5.91 Å². The van der Waals surface area contributed by atoms with Crippen molar-refractivity contribution in [3.05, 3.63) is 0 Å². The molecule has 0 bridgehead atoms. The first-order valence-corrected chi connectivity index (χ1v) is 6.46. The van der Waals surface area contributed by atoms with Gasteiger partial charge in [0.1, 0.15) is 18.2 Å². The van der Waals surface area contributed by atoms with E-state index in [1.54, 1.807) is 27.8 Å². The Morgan fingerprint density at radius 3 is 2.58 bits per heavy atom. The van der Waals surface area contributed by atoms with Crippen LogP contribution in [0.4, 0.5) is 0 Å². The van der Waals surface area contributed by atoms with Crippen molar-refractivity contribution in [1.29, 1.82) is 0 Å². The Hall–Kier alpha value is -1.14. The van der Waals surface area contributed by atoms with Gasteiger partial charge in [-0.3, -0.25) is 9.59 Å². The van der Waals surface area contributed by atoms with E-state index >= 15 is 0 Å². The topological polar surface area (TPSA) is 59.1 Å². The third-order valence-corrected chi connectivity index (χ3v) is 2.71. The second kappa shape index (κ2) is 6.34. The summed E-state index contributed by atoms with van der Waals surface area (Å²) in [5.74, 6) is -0.593. The molecule has 0 aromatic rings. The minimum absolute atomic E-state index is 0.0559.